The molecule has 0 fully saturated rings. The summed E-state index contributed by atoms with van der Waals surface area (Å²) in [6.45, 7) is 1.89. The normalized spacial score (nSPS) is 22.4. The first-order chi connectivity index (χ1) is 4.15. The predicted octanol–water partition coefficient (Wildman–Crippen LogP) is 2.11. The summed E-state index contributed by atoms with van der Waals surface area (Å²) >= 11 is 5.35. The van der Waals surface area contributed by atoms with Gasteiger partial charge in [-0.3, -0.25) is 4.79 Å². The van der Waals surface area contributed by atoms with Crippen LogP contribution in [0.25, 0.3) is 0 Å². The van der Waals surface area contributed by atoms with Crippen LogP contribution in [0.1, 0.15) is 19.8 Å². The molecule has 0 aromatic heterocycles. The van der Waals surface area contributed by atoms with Gasteiger partial charge < -0.3 is 0 Å². The molecule has 1 aliphatic carbocycles. The van der Waals surface area contributed by atoms with Crippen molar-refractivity contribution in [3.8, 4) is 0 Å². The minimum atomic E-state index is -0.290. The Morgan fingerprint density at radius 3 is 2.22 bits per heavy atom. The molecule has 0 saturated heterocycles. The standard InChI is InChI=1S/C7H9ClO/c1-7(6(8)9)4-2-3-5-7/h2-3H,4-5H2,1H3. The van der Waals surface area contributed by atoms with Gasteiger partial charge in [-0.05, 0) is 24.4 Å². The van der Waals surface area contributed by atoms with Crippen molar-refractivity contribution in [1.29, 1.82) is 0 Å². The molecule has 2 heteroatoms. The summed E-state index contributed by atoms with van der Waals surface area (Å²) < 4.78 is 0. The molecule has 0 unspecified atom stereocenters. The molecular weight excluding hydrogens is 136 g/mol. The van der Waals surface area contributed by atoms with Crippen molar-refractivity contribution in [1.82, 2.24) is 0 Å². The lowest BCUT2D eigenvalue weighted by Crippen LogP contribution is -2.19. The van der Waals surface area contributed by atoms with E-state index in [-0.39, 0.29) is 10.7 Å². The molecule has 0 aromatic rings. The Morgan fingerprint density at radius 1 is 1.56 bits per heavy atom. The van der Waals surface area contributed by atoms with Gasteiger partial charge in [-0.25, -0.2) is 0 Å². The van der Waals surface area contributed by atoms with Gasteiger partial charge in [0.05, 0.1) is 0 Å². The monoisotopic (exact) mass is 144 g/mol. The molecule has 0 amide bonds. The van der Waals surface area contributed by atoms with Crippen molar-refractivity contribution in [2.24, 2.45) is 5.41 Å². The SMILES string of the molecule is CC1(C(=O)Cl)CC=CC1. The van der Waals surface area contributed by atoms with E-state index >= 15 is 0 Å². The van der Waals surface area contributed by atoms with Crippen LogP contribution in [0.2, 0.25) is 0 Å². The maximum atomic E-state index is 10.7. The maximum Gasteiger partial charge on any atom is 0.228 e. The zero-order valence-corrected chi connectivity index (χ0v) is 6.11. The quantitative estimate of drug-likeness (QED) is 0.407. The third kappa shape index (κ3) is 1.16. The summed E-state index contributed by atoms with van der Waals surface area (Å²) in [6.07, 6.45) is 5.60. The minimum absolute atomic E-state index is 0.215. The van der Waals surface area contributed by atoms with E-state index in [9.17, 15) is 4.79 Å². The van der Waals surface area contributed by atoms with Crippen molar-refractivity contribution in [2.75, 3.05) is 0 Å². The molecule has 9 heavy (non-hydrogen) atoms. The smallest absolute Gasteiger partial charge is 0.228 e. The van der Waals surface area contributed by atoms with Crippen LogP contribution >= 0.6 is 11.6 Å². The lowest BCUT2D eigenvalue weighted by Gasteiger charge is -2.16. The second-order valence-electron chi connectivity index (χ2n) is 2.71. The van der Waals surface area contributed by atoms with Crippen molar-refractivity contribution in [2.45, 2.75) is 19.8 Å². The third-order valence-electron chi connectivity index (χ3n) is 1.78. The van der Waals surface area contributed by atoms with E-state index in [1.54, 1.807) is 0 Å². The lowest BCUT2D eigenvalue weighted by molar-refractivity contribution is -0.119. The van der Waals surface area contributed by atoms with Gasteiger partial charge >= 0.3 is 0 Å². The molecule has 0 aromatic carbocycles. The predicted molar refractivity (Wildman–Crippen MR) is 37.3 cm³/mol. The first kappa shape index (κ1) is 6.81. The maximum absolute atomic E-state index is 10.7. The van der Waals surface area contributed by atoms with Crippen LogP contribution in [-0.4, -0.2) is 5.24 Å². The summed E-state index contributed by atoms with van der Waals surface area (Å²) in [4.78, 5) is 10.7. The Morgan fingerprint density at radius 2 is 2.00 bits per heavy atom. The van der Waals surface area contributed by atoms with Gasteiger partial charge in [0.15, 0.2) is 0 Å². The highest BCUT2D eigenvalue weighted by molar-refractivity contribution is 6.64. The van der Waals surface area contributed by atoms with E-state index in [1.807, 2.05) is 19.1 Å². The average Bonchev–Trinajstić information content (AvgIpc) is 2.16. The highest BCUT2D eigenvalue weighted by Gasteiger charge is 2.31. The molecule has 0 spiro atoms. The molecule has 0 aliphatic heterocycles. The van der Waals surface area contributed by atoms with Crippen LogP contribution in [0.4, 0.5) is 0 Å². The highest BCUT2D eigenvalue weighted by Crippen LogP contribution is 2.34. The summed E-state index contributed by atoms with van der Waals surface area (Å²) in [5.41, 5.74) is -0.290. The van der Waals surface area contributed by atoms with Gasteiger partial charge in [0.25, 0.3) is 0 Å². The van der Waals surface area contributed by atoms with Crippen LogP contribution in [0, 0.1) is 5.41 Å². The summed E-state index contributed by atoms with van der Waals surface area (Å²) in [7, 11) is 0. The molecule has 1 rings (SSSR count). The Kier molecular flexibility index (Phi) is 1.62. The van der Waals surface area contributed by atoms with Crippen LogP contribution in [-0.2, 0) is 4.79 Å². The molecule has 0 radical (unpaired) electrons. The fourth-order valence-electron chi connectivity index (χ4n) is 0.931. The Balaban J connectivity index is 2.66. The molecule has 0 saturated carbocycles. The molecule has 0 bridgehead atoms. The number of hydrogen-bond donors (Lipinski definition) is 0. The van der Waals surface area contributed by atoms with Crippen LogP contribution in [0.3, 0.4) is 0 Å². The molecule has 1 nitrogen and oxygen atoms in total. The molecule has 0 atom stereocenters. The van der Waals surface area contributed by atoms with Crippen molar-refractivity contribution < 1.29 is 4.79 Å². The summed E-state index contributed by atoms with van der Waals surface area (Å²) in [6, 6.07) is 0. The molecule has 1 aliphatic rings. The molecular formula is C7H9ClO. The number of halogens is 1. The van der Waals surface area contributed by atoms with Crippen molar-refractivity contribution in [3.05, 3.63) is 12.2 Å². The summed E-state index contributed by atoms with van der Waals surface area (Å²) in [5.74, 6) is 0. The number of rotatable bonds is 1. The largest absolute Gasteiger partial charge is 0.281 e. The molecule has 0 heterocycles. The minimum Gasteiger partial charge on any atom is -0.281 e. The van der Waals surface area contributed by atoms with Crippen molar-refractivity contribution >= 4 is 16.8 Å². The van der Waals surface area contributed by atoms with E-state index in [1.165, 1.54) is 0 Å². The van der Waals surface area contributed by atoms with E-state index in [0.717, 1.165) is 12.8 Å². The Hall–Kier alpha value is -0.300. The topological polar surface area (TPSA) is 17.1 Å². The van der Waals surface area contributed by atoms with Gasteiger partial charge in [-0.15, -0.1) is 0 Å². The van der Waals surface area contributed by atoms with Gasteiger partial charge in [0.2, 0.25) is 5.24 Å². The van der Waals surface area contributed by atoms with E-state index in [4.69, 9.17) is 11.6 Å². The fraction of sp³-hybridized carbons (Fsp3) is 0.571. The highest BCUT2D eigenvalue weighted by atomic mass is 35.5. The second-order valence-corrected chi connectivity index (χ2v) is 3.06. The first-order valence-electron chi connectivity index (χ1n) is 3.00. The van der Waals surface area contributed by atoms with Gasteiger partial charge in [-0.1, -0.05) is 19.1 Å². The van der Waals surface area contributed by atoms with Gasteiger partial charge in [0, 0.05) is 5.41 Å². The van der Waals surface area contributed by atoms with Crippen LogP contribution in [0.15, 0.2) is 12.2 Å². The number of carbonyl (C=O) groups is 1. The first-order valence-corrected chi connectivity index (χ1v) is 3.38. The summed E-state index contributed by atoms with van der Waals surface area (Å²) in [5, 5.41) is -0.215. The van der Waals surface area contributed by atoms with E-state index < -0.39 is 0 Å². The molecule has 50 valence electrons. The zero-order valence-electron chi connectivity index (χ0n) is 5.36. The lowest BCUT2D eigenvalue weighted by atomic mass is 9.90. The van der Waals surface area contributed by atoms with E-state index in [0.29, 0.717) is 0 Å². The molecule has 0 N–H and O–H groups in total. The number of hydrogen-bond acceptors (Lipinski definition) is 1. The Bertz CT molecular complexity index is 152. The van der Waals surface area contributed by atoms with Gasteiger partial charge in [-0.2, -0.15) is 0 Å². The third-order valence-corrected chi connectivity index (χ3v) is 2.23. The van der Waals surface area contributed by atoms with Gasteiger partial charge in [0.1, 0.15) is 0 Å². The van der Waals surface area contributed by atoms with Crippen LogP contribution < -0.4 is 0 Å². The fourth-order valence-corrected chi connectivity index (χ4v) is 1.09. The van der Waals surface area contributed by atoms with Crippen molar-refractivity contribution in [3.63, 3.8) is 0 Å². The van der Waals surface area contributed by atoms with Crippen LogP contribution in [0.5, 0.6) is 0 Å². The van der Waals surface area contributed by atoms with E-state index in [2.05, 4.69) is 0 Å². The second kappa shape index (κ2) is 2.14. The number of allylic oxidation sites excluding steroid dienone is 2. The average molecular weight is 145 g/mol. The number of carbonyl (C=O) groups excluding carboxylic acids is 1. The zero-order chi connectivity index (χ0) is 6.91. The Labute approximate surface area is 59.7 Å².